The highest BCUT2D eigenvalue weighted by Gasteiger charge is 2.23. The maximum atomic E-state index is 15.5. The van der Waals surface area contributed by atoms with E-state index in [1.165, 1.54) is 10.6 Å². The number of amidine groups is 1. The van der Waals surface area contributed by atoms with Gasteiger partial charge in [0.1, 0.15) is 11.7 Å². The third-order valence-corrected chi connectivity index (χ3v) is 6.71. The first-order valence-electron chi connectivity index (χ1n) is 13.5. The topological polar surface area (TPSA) is 117 Å². The minimum atomic E-state index is -0.502. The summed E-state index contributed by atoms with van der Waals surface area (Å²) >= 11 is 0. The Morgan fingerprint density at radius 2 is 1.93 bits per heavy atom. The summed E-state index contributed by atoms with van der Waals surface area (Å²) in [6.07, 6.45) is 8.27. The summed E-state index contributed by atoms with van der Waals surface area (Å²) < 4.78 is 17.0. The van der Waals surface area contributed by atoms with Gasteiger partial charge in [0.25, 0.3) is 5.56 Å². The lowest BCUT2D eigenvalue weighted by atomic mass is 9.98. The quantitative estimate of drug-likeness (QED) is 0.313. The number of benzene rings is 2. The Bertz CT molecular complexity index is 1600. The fourth-order valence-corrected chi connectivity index (χ4v) is 4.83. The lowest BCUT2D eigenvalue weighted by Crippen LogP contribution is -2.34. The average molecular weight is 543 g/mol. The molecule has 0 saturated heterocycles. The molecule has 0 bridgehead atoms. The van der Waals surface area contributed by atoms with Gasteiger partial charge in [-0.3, -0.25) is 9.59 Å². The highest BCUT2D eigenvalue weighted by molar-refractivity contribution is 6.05. The smallest absolute Gasteiger partial charge is 0.258 e. The molecule has 208 valence electrons. The predicted molar refractivity (Wildman–Crippen MR) is 161 cm³/mol. The number of fused-ring (bicyclic) bond motifs is 2. The molecule has 0 radical (unpaired) electrons. The Hall–Kier alpha value is -4.53. The zero-order chi connectivity index (χ0) is 28.8. The average Bonchev–Trinajstić information content (AvgIpc) is 3.11. The molecule has 2 aromatic carbocycles. The van der Waals surface area contributed by atoms with Crippen molar-refractivity contribution >= 4 is 40.0 Å². The predicted octanol–water partition coefficient (Wildman–Crippen LogP) is 4.98. The molecular weight excluding hydrogens is 507 g/mol. The molecule has 1 amide bonds. The van der Waals surface area contributed by atoms with Crippen LogP contribution < -0.4 is 16.6 Å². The van der Waals surface area contributed by atoms with Gasteiger partial charge >= 0.3 is 0 Å². The van der Waals surface area contributed by atoms with Gasteiger partial charge in [-0.2, -0.15) is 0 Å². The maximum absolute atomic E-state index is 15.5. The molecular formula is C31H35FN6O2. The summed E-state index contributed by atoms with van der Waals surface area (Å²) in [5.74, 6) is -0.402. The summed E-state index contributed by atoms with van der Waals surface area (Å²) in [5, 5.41) is 12.1. The number of allylic oxidation sites excluding steroid dienone is 1. The van der Waals surface area contributed by atoms with E-state index in [2.05, 4.69) is 10.3 Å². The second kappa shape index (κ2) is 12.5. The standard InChI is InChI=1S/C31H35FN6O2/c1-4-11-37(12-5-2)30(39)23-15-26-27(32)16-22(17-28(26)36-29(34)18-23)20-6-7-25-21(14-20)9-13-38(31(25)40)19-24(33)8-10-35-3/h6-10,13-17,33,35H,4-5,11-12,18-19H2,1-3H3,(H2,34,36)/b10-8-,33-24?. The van der Waals surface area contributed by atoms with Crippen LogP contribution in [0.4, 0.5) is 10.1 Å². The van der Waals surface area contributed by atoms with Crippen molar-refractivity contribution in [2.45, 2.75) is 39.7 Å². The van der Waals surface area contributed by atoms with E-state index in [1.54, 1.807) is 54.7 Å². The molecule has 0 spiro atoms. The molecule has 0 fully saturated rings. The Morgan fingerprint density at radius 3 is 2.62 bits per heavy atom. The van der Waals surface area contributed by atoms with Crippen molar-refractivity contribution < 1.29 is 9.18 Å². The molecule has 0 saturated carbocycles. The van der Waals surface area contributed by atoms with Crippen LogP contribution in [0.15, 0.2) is 70.2 Å². The first kappa shape index (κ1) is 28.5. The van der Waals surface area contributed by atoms with Gasteiger partial charge in [0.2, 0.25) is 5.91 Å². The second-order valence-electron chi connectivity index (χ2n) is 9.83. The van der Waals surface area contributed by atoms with Crippen molar-refractivity contribution in [2.24, 2.45) is 10.7 Å². The first-order valence-corrected chi connectivity index (χ1v) is 13.5. The van der Waals surface area contributed by atoms with Gasteiger partial charge in [-0.1, -0.05) is 19.9 Å². The second-order valence-corrected chi connectivity index (χ2v) is 9.83. The third kappa shape index (κ3) is 6.20. The van der Waals surface area contributed by atoms with E-state index in [9.17, 15) is 9.59 Å². The maximum Gasteiger partial charge on any atom is 0.258 e. The number of nitrogens with zero attached hydrogens (tertiary/aromatic N) is 3. The summed E-state index contributed by atoms with van der Waals surface area (Å²) in [7, 11) is 1.74. The third-order valence-electron chi connectivity index (χ3n) is 6.71. The molecule has 2 heterocycles. The number of carbonyl (C=O) groups is 1. The van der Waals surface area contributed by atoms with E-state index in [0.717, 1.165) is 12.8 Å². The lowest BCUT2D eigenvalue weighted by Gasteiger charge is -2.22. The number of rotatable bonds is 10. The Kier molecular flexibility index (Phi) is 8.93. The van der Waals surface area contributed by atoms with Crippen molar-refractivity contribution in [3.05, 3.63) is 82.2 Å². The molecule has 8 nitrogen and oxygen atoms in total. The monoisotopic (exact) mass is 542 g/mol. The van der Waals surface area contributed by atoms with E-state index < -0.39 is 5.82 Å². The number of halogens is 1. The van der Waals surface area contributed by atoms with Crippen LogP contribution in [0.3, 0.4) is 0 Å². The molecule has 40 heavy (non-hydrogen) atoms. The number of hydrogen-bond acceptors (Lipinski definition) is 6. The Labute approximate surface area is 233 Å². The minimum Gasteiger partial charge on any atom is -0.394 e. The Balaban J connectivity index is 1.70. The van der Waals surface area contributed by atoms with Gasteiger partial charge < -0.3 is 25.9 Å². The summed E-state index contributed by atoms with van der Waals surface area (Å²) in [4.78, 5) is 32.5. The molecule has 4 rings (SSSR count). The number of aliphatic imine (C=N–C) groups is 1. The molecule has 0 unspecified atom stereocenters. The van der Waals surface area contributed by atoms with Crippen molar-refractivity contribution in [3.63, 3.8) is 0 Å². The number of amides is 1. The number of aromatic nitrogens is 1. The molecule has 1 aliphatic heterocycles. The SMILES string of the molecule is CCCN(CCC)C(=O)C1=Cc2c(F)cc(-c3ccc4c(=O)n(CC(=N)/C=C\NC)ccc4c3)cc2N=C(N)C1. The fourth-order valence-electron chi connectivity index (χ4n) is 4.83. The van der Waals surface area contributed by atoms with Crippen LogP contribution >= 0.6 is 0 Å². The number of nitrogens with two attached hydrogens (primary N) is 1. The van der Waals surface area contributed by atoms with Crippen molar-refractivity contribution in [1.29, 1.82) is 5.41 Å². The van der Waals surface area contributed by atoms with Crippen LogP contribution in [-0.4, -0.2) is 47.1 Å². The summed E-state index contributed by atoms with van der Waals surface area (Å²) in [5.41, 5.74) is 8.58. The van der Waals surface area contributed by atoms with Gasteiger partial charge in [-0.15, -0.1) is 0 Å². The zero-order valence-electron chi connectivity index (χ0n) is 23.1. The van der Waals surface area contributed by atoms with E-state index >= 15 is 4.39 Å². The van der Waals surface area contributed by atoms with Gasteiger partial charge in [0, 0.05) is 49.3 Å². The van der Waals surface area contributed by atoms with E-state index in [-0.39, 0.29) is 41.5 Å². The van der Waals surface area contributed by atoms with Crippen LogP contribution in [0.25, 0.3) is 28.0 Å². The molecule has 9 heteroatoms. The van der Waals surface area contributed by atoms with Crippen LogP contribution in [0, 0.1) is 11.2 Å². The van der Waals surface area contributed by atoms with Gasteiger partial charge in [-0.05, 0) is 78.0 Å². The van der Waals surface area contributed by atoms with Crippen LogP contribution in [0.1, 0.15) is 38.7 Å². The number of carbonyl (C=O) groups excluding carboxylic acids is 1. The largest absolute Gasteiger partial charge is 0.394 e. The normalized spacial score (nSPS) is 13.0. The van der Waals surface area contributed by atoms with Gasteiger partial charge in [0.05, 0.1) is 17.9 Å². The minimum absolute atomic E-state index is 0.147. The molecule has 4 N–H and O–H groups in total. The number of nitrogens with one attached hydrogen (secondary N) is 2. The molecule has 1 aliphatic rings. The summed E-state index contributed by atoms with van der Waals surface area (Å²) in [6, 6.07) is 10.3. The van der Waals surface area contributed by atoms with Crippen LogP contribution in [-0.2, 0) is 11.3 Å². The Morgan fingerprint density at radius 1 is 1.18 bits per heavy atom. The summed E-state index contributed by atoms with van der Waals surface area (Å²) in [6.45, 7) is 5.43. The van der Waals surface area contributed by atoms with E-state index in [4.69, 9.17) is 11.1 Å². The van der Waals surface area contributed by atoms with Crippen LogP contribution in [0.5, 0.6) is 0 Å². The number of pyridine rings is 1. The van der Waals surface area contributed by atoms with Crippen molar-refractivity contribution in [2.75, 3.05) is 20.1 Å². The fraction of sp³-hybridized carbons (Fsp3) is 0.290. The van der Waals surface area contributed by atoms with E-state index in [0.29, 0.717) is 46.2 Å². The zero-order valence-corrected chi connectivity index (χ0v) is 23.1. The van der Waals surface area contributed by atoms with Crippen molar-refractivity contribution in [1.82, 2.24) is 14.8 Å². The molecule has 1 aromatic heterocycles. The molecule has 0 atom stereocenters. The van der Waals surface area contributed by atoms with Crippen molar-refractivity contribution in [3.8, 4) is 11.1 Å². The lowest BCUT2D eigenvalue weighted by molar-refractivity contribution is -0.127. The molecule has 3 aromatic rings. The van der Waals surface area contributed by atoms with Gasteiger partial charge in [-0.25, -0.2) is 9.38 Å². The highest BCUT2D eigenvalue weighted by atomic mass is 19.1. The van der Waals surface area contributed by atoms with E-state index in [1.807, 2.05) is 26.0 Å². The van der Waals surface area contributed by atoms with Gasteiger partial charge in [0.15, 0.2) is 0 Å². The highest BCUT2D eigenvalue weighted by Crippen LogP contribution is 2.35. The molecule has 0 aliphatic carbocycles. The van der Waals surface area contributed by atoms with Crippen LogP contribution in [0.2, 0.25) is 0 Å². The first-order chi connectivity index (χ1) is 19.2. The number of hydrogen-bond donors (Lipinski definition) is 3.